The molecule has 3 heterocycles. The Bertz CT molecular complexity index is 2200. The van der Waals surface area contributed by atoms with Crippen molar-refractivity contribution in [2.75, 3.05) is 56.5 Å². The van der Waals surface area contributed by atoms with E-state index < -0.39 is 11.0 Å². The van der Waals surface area contributed by atoms with Gasteiger partial charge in [0.1, 0.15) is 40.1 Å². The Hall–Kier alpha value is -5.83. The fourth-order valence-corrected chi connectivity index (χ4v) is 7.13. The van der Waals surface area contributed by atoms with E-state index in [4.69, 9.17) is 37.7 Å². The summed E-state index contributed by atoms with van der Waals surface area (Å²) in [5.41, 5.74) is 3.79. The summed E-state index contributed by atoms with van der Waals surface area (Å²) in [6.45, 7) is 1.08. The second-order valence-corrected chi connectivity index (χ2v) is 14.3. The molecule has 0 bridgehead atoms. The number of benzene rings is 3. The first-order valence-corrected chi connectivity index (χ1v) is 18.0. The third-order valence-corrected chi connectivity index (χ3v) is 9.74. The normalized spacial score (nSPS) is 14.1. The van der Waals surface area contributed by atoms with E-state index in [0.29, 0.717) is 46.9 Å². The molecule has 4 aromatic rings. The number of aliphatic imine (C=N–C) groups is 1. The topological polar surface area (TPSA) is 152 Å². The number of allylic oxidation sites excluding steroid dienone is 1. The van der Waals surface area contributed by atoms with Gasteiger partial charge in [-0.05, 0) is 40.3 Å². The molecule has 6 rings (SSSR count). The number of nitrogens with one attached hydrogen (secondary N) is 1. The van der Waals surface area contributed by atoms with Crippen LogP contribution >= 0.6 is 23.2 Å². The van der Waals surface area contributed by atoms with E-state index in [1.165, 1.54) is 30.1 Å². The molecular weight excluding hydrogens is 747 g/mol. The quantitative estimate of drug-likeness (QED) is 0.0563. The highest BCUT2D eigenvalue weighted by Crippen LogP contribution is 2.48. The lowest BCUT2D eigenvalue weighted by atomic mass is 10.0. The van der Waals surface area contributed by atoms with Crippen LogP contribution in [0, 0.1) is 10.1 Å². The summed E-state index contributed by atoms with van der Waals surface area (Å²) in [6.07, 6.45) is 7.10. The number of para-hydroxylation sites is 1. The molecule has 0 saturated carbocycles. The van der Waals surface area contributed by atoms with E-state index in [-0.39, 0.29) is 58.3 Å². The number of halogens is 2. The number of hydrogen-bond donors (Lipinski definition) is 1. The number of nitro groups is 1. The van der Waals surface area contributed by atoms with Gasteiger partial charge in [0, 0.05) is 36.4 Å². The zero-order chi connectivity index (χ0) is 39.3. The predicted octanol–water partition coefficient (Wildman–Crippen LogP) is 7.40. The summed E-state index contributed by atoms with van der Waals surface area (Å²) in [7, 11) is 6.81. The maximum atomic E-state index is 14.6. The number of carbonyl (C=O) groups excluding carboxylic acids is 2. The standard InChI is InChI=1S/C39H39Cl2N8O6/c1-49(2,24-27-15-16-42-36(27)48(52)53)17-9-14-30(50)19-25-10-8-11-26(18-25)22-47-37-28(21-43-38(45-37)44-29-12-6-5-7-13-29)23-46(39(47)51)35-33(40)31(54-3)20-32(55-4)34(35)41/h5-14,16,18,20-21H,15,17,19,22-24H2,1-4H3,(H,43,44,45)/q+1/b14-9+. The molecule has 0 spiro atoms. The Morgan fingerprint density at radius 2 is 1.75 bits per heavy atom. The average Bonchev–Trinajstić information content (AvgIpc) is 3.62. The van der Waals surface area contributed by atoms with Crippen molar-refractivity contribution in [2.24, 2.45) is 4.99 Å². The number of ketones is 1. The predicted molar refractivity (Wildman–Crippen MR) is 212 cm³/mol. The van der Waals surface area contributed by atoms with E-state index >= 15 is 0 Å². The van der Waals surface area contributed by atoms with Crippen molar-refractivity contribution in [3.8, 4) is 11.5 Å². The number of amides is 2. The van der Waals surface area contributed by atoms with Gasteiger partial charge in [0.25, 0.3) is 0 Å². The lowest BCUT2D eigenvalue weighted by Crippen LogP contribution is -2.48. The van der Waals surface area contributed by atoms with Crippen LogP contribution in [0.5, 0.6) is 11.5 Å². The van der Waals surface area contributed by atoms with Gasteiger partial charge < -0.3 is 29.4 Å². The molecule has 284 valence electrons. The minimum atomic E-state index is -0.459. The van der Waals surface area contributed by atoms with Gasteiger partial charge in [-0.3, -0.25) is 14.6 Å². The number of carbonyl (C=O) groups is 2. The molecule has 3 aromatic carbocycles. The van der Waals surface area contributed by atoms with Gasteiger partial charge in [-0.1, -0.05) is 70.7 Å². The van der Waals surface area contributed by atoms with Crippen LogP contribution in [-0.2, 0) is 24.3 Å². The summed E-state index contributed by atoms with van der Waals surface area (Å²) in [5.74, 6) is 1.04. The van der Waals surface area contributed by atoms with Crippen LogP contribution in [0.15, 0.2) is 95.4 Å². The van der Waals surface area contributed by atoms with Crippen LogP contribution < -0.4 is 24.6 Å². The smallest absolute Gasteiger partial charge is 0.368 e. The molecule has 1 N–H and O–H groups in total. The minimum absolute atomic E-state index is 0.0602. The molecule has 2 aliphatic rings. The fraction of sp³-hybridized carbons (Fsp3) is 0.256. The van der Waals surface area contributed by atoms with E-state index in [2.05, 4.69) is 15.3 Å². The number of ether oxygens (including phenoxy) is 2. The number of hydrogen-bond acceptors (Lipinski definition) is 10. The summed E-state index contributed by atoms with van der Waals surface area (Å²) >= 11 is 13.6. The number of rotatable bonds is 15. The molecule has 0 radical (unpaired) electrons. The molecule has 0 saturated heterocycles. The van der Waals surface area contributed by atoms with Crippen molar-refractivity contribution in [3.05, 3.63) is 127 Å². The van der Waals surface area contributed by atoms with Crippen LogP contribution in [0.2, 0.25) is 10.0 Å². The van der Waals surface area contributed by atoms with Crippen molar-refractivity contribution in [2.45, 2.75) is 25.9 Å². The van der Waals surface area contributed by atoms with Gasteiger partial charge >= 0.3 is 11.9 Å². The fourth-order valence-electron chi connectivity index (χ4n) is 6.42. The van der Waals surface area contributed by atoms with E-state index in [9.17, 15) is 19.7 Å². The third kappa shape index (κ3) is 8.94. The van der Waals surface area contributed by atoms with Gasteiger partial charge in [-0.2, -0.15) is 4.98 Å². The number of fused-ring (bicyclic) bond motifs is 1. The molecule has 2 amide bonds. The Morgan fingerprint density at radius 3 is 2.44 bits per heavy atom. The highest BCUT2D eigenvalue weighted by Gasteiger charge is 2.37. The van der Waals surface area contributed by atoms with Crippen LogP contribution in [0.3, 0.4) is 0 Å². The zero-order valence-electron chi connectivity index (χ0n) is 30.7. The van der Waals surface area contributed by atoms with Crippen LogP contribution in [-0.4, -0.2) is 78.8 Å². The summed E-state index contributed by atoms with van der Waals surface area (Å²) in [6, 6.07) is 18.0. The number of urea groups is 1. The Morgan fingerprint density at radius 1 is 1.04 bits per heavy atom. The van der Waals surface area contributed by atoms with Crippen LogP contribution in [0.4, 0.5) is 27.9 Å². The average molecular weight is 787 g/mol. The summed E-state index contributed by atoms with van der Waals surface area (Å²) < 4.78 is 11.4. The zero-order valence-corrected chi connectivity index (χ0v) is 32.2. The maximum absolute atomic E-state index is 14.6. The molecule has 0 unspecified atom stereocenters. The molecule has 0 fully saturated rings. The van der Waals surface area contributed by atoms with E-state index in [1.54, 1.807) is 24.6 Å². The van der Waals surface area contributed by atoms with Crippen molar-refractivity contribution in [3.63, 3.8) is 0 Å². The van der Waals surface area contributed by atoms with Gasteiger partial charge in [-0.25, -0.2) is 9.78 Å². The highest BCUT2D eigenvalue weighted by atomic mass is 35.5. The van der Waals surface area contributed by atoms with Gasteiger partial charge in [0.05, 0.1) is 59.2 Å². The number of quaternary nitrogens is 1. The van der Waals surface area contributed by atoms with E-state index in [1.807, 2.05) is 68.7 Å². The summed E-state index contributed by atoms with van der Waals surface area (Å²) in [5, 5.41) is 14.8. The lowest BCUT2D eigenvalue weighted by molar-refractivity contribution is -0.880. The first-order valence-electron chi connectivity index (χ1n) is 17.2. The van der Waals surface area contributed by atoms with E-state index in [0.717, 1.165) is 16.8 Å². The second kappa shape index (κ2) is 16.7. The molecule has 0 atom stereocenters. The Labute approximate surface area is 328 Å². The molecule has 55 heavy (non-hydrogen) atoms. The molecule has 1 aromatic heterocycles. The molecule has 2 aliphatic heterocycles. The van der Waals surface area contributed by atoms with Crippen LogP contribution in [0.25, 0.3) is 0 Å². The monoisotopic (exact) mass is 785 g/mol. The largest absolute Gasteiger partial charge is 0.495 e. The first kappa shape index (κ1) is 38.9. The van der Waals surface area contributed by atoms with Crippen molar-refractivity contribution >= 4 is 64.4 Å². The maximum Gasteiger partial charge on any atom is 0.368 e. The number of aromatic nitrogens is 2. The first-order chi connectivity index (χ1) is 26.4. The number of likely N-dealkylation sites (N-methyl/N-ethyl adjacent to an activating group) is 1. The number of nitrogens with zero attached hydrogens (tertiary/aromatic N) is 7. The van der Waals surface area contributed by atoms with Gasteiger partial charge in [0.15, 0.2) is 5.78 Å². The lowest BCUT2D eigenvalue weighted by Gasteiger charge is -2.37. The highest BCUT2D eigenvalue weighted by molar-refractivity contribution is 6.42. The number of anilines is 4. The van der Waals surface area contributed by atoms with Crippen molar-refractivity contribution < 1.29 is 28.5 Å². The van der Waals surface area contributed by atoms with Crippen molar-refractivity contribution in [1.29, 1.82) is 0 Å². The molecule has 0 aliphatic carbocycles. The SMILES string of the molecule is COc1cc(OC)c(Cl)c(N2Cc3cnc(Nc4ccccc4)nc3N(Cc3cccc(CC(=O)/C=C/C[N+](C)(C)CC4=C([N+](=O)[O-])N=CC4)c3)C2=O)c1Cl. The van der Waals surface area contributed by atoms with Crippen molar-refractivity contribution in [1.82, 2.24) is 9.97 Å². The number of methoxy groups -OCH3 is 2. The van der Waals surface area contributed by atoms with Crippen LogP contribution in [0.1, 0.15) is 23.1 Å². The molecule has 14 nitrogen and oxygen atoms in total. The second-order valence-electron chi connectivity index (χ2n) is 13.6. The third-order valence-electron chi connectivity index (χ3n) is 9.01. The minimum Gasteiger partial charge on any atom is -0.495 e. The molecule has 16 heteroatoms. The Kier molecular flexibility index (Phi) is 11.8. The van der Waals surface area contributed by atoms with Gasteiger partial charge in [-0.15, -0.1) is 0 Å². The summed E-state index contributed by atoms with van der Waals surface area (Å²) in [4.78, 5) is 54.7. The van der Waals surface area contributed by atoms with Gasteiger partial charge in [0.2, 0.25) is 5.95 Å². The molecular formula is C39H39Cl2N8O6+. The Balaban J connectivity index is 1.24.